The number of aryl methyl sites for hydroxylation is 4. The second-order valence-corrected chi connectivity index (χ2v) is 36.9. The molecular weight excluding hydrogens is 1780 g/mol. The number of carbonyl (C=O) groups is 16. The summed E-state index contributed by atoms with van der Waals surface area (Å²) in [6.07, 6.45) is 9.58. The van der Waals surface area contributed by atoms with Gasteiger partial charge in [0.2, 0.25) is 47.3 Å². The predicted molar refractivity (Wildman–Crippen MR) is 468 cm³/mol. The number of nitrogens with one attached hydrogen (secondary N) is 10. The zero-order valence-electron chi connectivity index (χ0n) is 74.2. The zero-order valence-corrected chi connectivity index (χ0v) is 75.1. The summed E-state index contributed by atoms with van der Waals surface area (Å²) in [6, 6.07) is 7.03. The van der Waals surface area contributed by atoms with Gasteiger partial charge in [0.25, 0.3) is 0 Å². The van der Waals surface area contributed by atoms with E-state index in [-0.39, 0.29) is 159 Å². The van der Waals surface area contributed by atoms with Gasteiger partial charge in [0.1, 0.15) is 35.4 Å². The number of barbiturate groups is 4. The number of ether oxygens (including phenoxy) is 4. The lowest BCUT2D eigenvalue weighted by Crippen LogP contribution is -2.75. The summed E-state index contributed by atoms with van der Waals surface area (Å²) in [5, 5.41) is 20.3. The van der Waals surface area contributed by atoms with E-state index in [1.165, 1.54) is 48.1 Å². The van der Waals surface area contributed by atoms with Crippen LogP contribution in [-0.4, -0.2) is 224 Å². The number of aromatic amines is 2. The van der Waals surface area contributed by atoms with Crippen LogP contribution >= 0.6 is 11.3 Å². The molecule has 8 saturated heterocycles. The number of ketones is 4. The molecule has 4 spiro atoms. The van der Waals surface area contributed by atoms with Gasteiger partial charge in [-0.05, 0) is 139 Å². The summed E-state index contributed by atoms with van der Waals surface area (Å²) in [6.45, 7) is 15.6. The number of H-pyrrole nitrogens is 2. The SMILES string of the molecule is C[C@@H]1CN2c3c(F)cc(C(=O)CCc4ncc[nH]4)cc3CC3(C(=O)NC(=O)NC3=O)[C@H]2[C@H](C)O1.C[C@@H]1CN2c3c(F)cc(C(=O)CCc4ncco4)cc3CC3(C(=O)NC(=O)NC3=O)[C@H]2[C@H](C)O1.C[C@@H]1CN2c3c(F)cc(C(=O)CCc4nccs4)cc3CC3(C(=O)NC(=O)NC3=O)[C@H]2[C@H](C)O1.C[C@@H]1CN2c3ccc(C(=O)CCc4ncc[nH]4)cc3CC3(C(=O)NC(=O)NC3=O)[C@H]2[C@H](C)O1. The van der Waals surface area contributed by atoms with Crippen LogP contribution in [-0.2, 0) is 109 Å². The van der Waals surface area contributed by atoms with Gasteiger partial charge in [-0.2, -0.15) is 0 Å². The lowest BCUT2D eigenvalue weighted by atomic mass is 9.66. The molecule has 12 aliphatic heterocycles. The van der Waals surface area contributed by atoms with Crippen molar-refractivity contribution in [2.45, 2.75) is 205 Å². The number of Topliss-reactive ketones (excluding diaryl/α,β-unsaturated/α-hetero) is 4. The molecule has 4 aromatic heterocycles. The lowest BCUT2D eigenvalue weighted by molar-refractivity contribution is -0.154. The van der Waals surface area contributed by atoms with Crippen molar-refractivity contribution in [2.75, 3.05) is 45.8 Å². The second kappa shape index (κ2) is 36.5. The molecule has 0 bridgehead atoms. The van der Waals surface area contributed by atoms with Crippen LogP contribution in [0.15, 0.2) is 108 Å². The van der Waals surface area contributed by atoms with E-state index < -0.39 is 159 Å². The zero-order chi connectivity index (χ0) is 95.9. The highest BCUT2D eigenvalue weighted by Crippen LogP contribution is 2.53. The van der Waals surface area contributed by atoms with Gasteiger partial charge in [-0.1, -0.05) is 0 Å². The smallest absolute Gasteiger partial charge is 0.328 e. The maximum atomic E-state index is 15.5. The molecule has 16 amide bonds. The molecule has 0 radical (unpaired) electrons. The average molecular weight is 1880 g/mol. The molecule has 4 aromatic carbocycles. The lowest BCUT2D eigenvalue weighted by Gasteiger charge is -2.55. The van der Waals surface area contributed by atoms with Gasteiger partial charge in [-0.15, -0.1) is 11.3 Å². The number of hydrogen-bond donors (Lipinski definition) is 10. The summed E-state index contributed by atoms with van der Waals surface area (Å²) in [7, 11) is 0. The first-order valence-corrected chi connectivity index (χ1v) is 45.1. The fraction of sp³-hybridized carbons (Fsp3) is 0.435. The molecule has 0 aliphatic carbocycles. The first-order valence-electron chi connectivity index (χ1n) is 44.2. The number of imidazole rings is 2. The molecule has 20 rings (SSSR count). The van der Waals surface area contributed by atoms with Crippen LogP contribution in [0.4, 0.5) is 55.1 Å². The van der Waals surface area contributed by atoms with Crippen LogP contribution in [0.5, 0.6) is 0 Å². The number of morpholine rings is 4. The molecule has 10 N–H and O–H groups in total. The monoisotopic (exact) mass is 1880 g/mol. The molecule has 135 heavy (non-hydrogen) atoms. The van der Waals surface area contributed by atoms with E-state index in [0.717, 1.165) is 22.1 Å². The standard InChI is InChI=1S/C23H24FN5O5.C23H23FN4O6.C23H23FN4O5S.C23H25N5O5/c1-11-10-29-18-14(7-13(8-15(18)24)16(30)3-4-17-25-5-6-26-17)9-23(19(29)12(2)34-11)20(31)27-22(33)28-21(23)32;1-11-10-28-18-14(7-13(8-15(18)24)16(29)3-4-17-25-5-6-33-17)9-23(19(28)12(2)34-11)20(30)26-22(32)27-21(23)31;1-11-10-28-18-14(7-13(8-15(18)24)16(29)3-4-17-25-5-6-34-17)9-23(19(28)12(2)33-11)20(30)26-22(32)27-21(23)31;1-12-11-28-16-4-3-14(17(29)5-6-18-24-7-8-25-18)9-15(16)10-23(19(28)13(2)33-12)20(30)26-22(32)27-21(23)31/h5-8,11-12,19H,3-4,9-10H2,1-2H3,(H,25,26)(H2,27,28,31,32,33);2*5-8,11-12,19H,3-4,9-10H2,1-2H3,(H2,26,27,30,31,32);3-4,7-9,12-13,19H,5-6,10-11H2,1-2H3,(H,24,25)(H2,26,27,30,31,32)/t3*11-,12+,19-;12-,13+,19-/m1111/s1. The maximum absolute atomic E-state index is 15.5. The van der Waals surface area contributed by atoms with Gasteiger partial charge in [0, 0.05) is 161 Å². The van der Waals surface area contributed by atoms with E-state index in [2.05, 4.69) is 72.4 Å². The Morgan fingerprint density at radius 3 is 1.02 bits per heavy atom. The number of fused-ring (bicyclic) bond motifs is 16. The minimum atomic E-state index is -1.73. The van der Waals surface area contributed by atoms with Crippen LogP contribution in [0.2, 0.25) is 0 Å². The number of nitrogens with zero attached hydrogens (tertiary/aromatic N) is 8. The van der Waals surface area contributed by atoms with Crippen molar-refractivity contribution in [3.8, 4) is 0 Å². The number of anilines is 4. The highest BCUT2D eigenvalue weighted by Gasteiger charge is 2.68. The third-order valence-corrected chi connectivity index (χ3v) is 27.9. The highest BCUT2D eigenvalue weighted by atomic mass is 32.1. The first-order chi connectivity index (χ1) is 64.4. The van der Waals surface area contributed by atoms with Crippen molar-refractivity contribution in [3.05, 3.63) is 188 Å². The van der Waals surface area contributed by atoms with E-state index in [4.69, 9.17) is 23.4 Å². The Balaban J connectivity index is 0.000000125. The quantitative estimate of drug-likeness (QED) is 0.0399. The molecule has 8 aromatic rings. The van der Waals surface area contributed by atoms with Crippen LogP contribution < -0.4 is 62.1 Å². The number of urea groups is 4. The first kappa shape index (κ1) is 92.9. The Labute approximate surface area is 771 Å². The molecule has 12 atom stereocenters. The molecular formula is C92H95F3N18O21S. The number of halogens is 3. The normalized spacial score (nSPS) is 25.5. The van der Waals surface area contributed by atoms with Crippen LogP contribution in [0.25, 0.3) is 0 Å². The van der Waals surface area contributed by atoms with Crippen molar-refractivity contribution in [2.24, 2.45) is 21.7 Å². The molecule has 43 heteroatoms. The number of benzene rings is 4. The molecule has 12 aliphatic rings. The summed E-state index contributed by atoms with van der Waals surface area (Å²) >= 11 is 1.44. The minimum absolute atomic E-state index is 0.0492. The third-order valence-electron chi connectivity index (χ3n) is 27.0. The van der Waals surface area contributed by atoms with E-state index in [0.29, 0.717) is 59.8 Å². The summed E-state index contributed by atoms with van der Waals surface area (Å²) < 4.78 is 75.5. The Hall–Kier alpha value is -13.9. The predicted octanol–water partition coefficient (Wildman–Crippen LogP) is 5.88. The van der Waals surface area contributed by atoms with E-state index in [9.17, 15) is 76.7 Å². The molecule has 0 saturated carbocycles. The number of oxazole rings is 1. The summed E-state index contributed by atoms with van der Waals surface area (Å²) in [4.78, 5) is 233. The van der Waals surface area contributed by atoms with E-state index in [1.54, 1.807) is 90.7 Å². The Bertz CT molecular complexity index is 5690. The Morgan fingerprint density at radius 2 is 0.696 bits per heavy atom. The number of thiazole rings is 1. The van der Waals surface area contributed by atoms with Crippen molar-refractivity contribution >= 4 is 129 Å². The van der Waals surface area contributed by atoms with Crippen LogP contribution in [0.1, 0.15) is 167 Å². The number of rotatable bonds is 16. The minimum Gasteiger partial charge on any atom is -0.449 e. The highest BCUT2D eigenvalue weighted by molar-refractivity contribution is 7.09. The number of amides is 16. The Kier molecular flexibility index (Phi) is 25.1. The van der Waals surface area contributed by atoms with Crippen LogP contribution in [0.3, 0.4) is 0 Å². The van der Waals surface area contributed by atoms with Crippen LogP contribution in [0, 0.1) is 39.1 Å². The maximum Gasteiger partial charge on any atom is 0.328 e. The molecule has 16 heterocycles. The average Bonchev–Trinajstić information content (AvgIpc) is 0.964. The van der Waals surface area contributed by atoms with Crippen molar-refractivity contribution in [1.29, 1.82) is 0 Å². The van der Waals surface area contributed by atoms with Gasteiger partial charge < -0.3 is 52.9 Å². The van der Waals surface area contributed by atoms with Gasteiger partial charge in [0.15, 0.2) is 50.7 Å². The number of imide groups is 8. The van der Waals surface area contributed by atoms with Crippen molar-refractivity contribution in [3.63, 3.8) is 0 Å². The van der Waals surface area contributed by atoms with Gasteiger partial charge >= 0.3 is 24.1 Å². The number of aromatic nitrogens is 6. The summed E-state index contributed by atoms with van der Waals surface area (Å²) in [5.74, 6) is -6.83. The largest absolute Gasteiger partial charge is 0.449 e. The number of carbonyl (C=O) groups excluding carboxylic acids is 16. The van der Waals surface area contributed by atoms with Gasteiger partial charge in [-0.3, -0.25) is 100 Å². The molecule has 0 unspecified atom stereocenters. The van der Waals surface area contributed by atoms with Crippen molar-refractivity contribution in [1.82, 2.24) is 72.4 Å². The summed E-state index contributed by atoms with van der Waals surface area (Å²) in [5.41, 5.74) is -2.35. The van der Waals surface area contributed by atoms with E-state index in [1.807, 2.05) is 51.0 Å². The second-order valence-electron chi connectivity index (χ2n) is 35.9. The fourth-order valence-corrected chi connectivity index (χ4v) is 22.4. The van der Waals surface area contributed by atoms with E-state index >= 15 is 13.2 Å². The topological polar surface area (TPSA) is 516 Å². The van der Waals surface area contributed by atoms with Crippen molar-refractivity contribution < 1.29 is 113 Å². The van der Waals surface area contributed by atoms with Gasteiger partial charge in [0.05, 0.1) is 101 Å². The Morgan fingerprint density at radius 1 is 0.378 bits per heavy atom. The fourth-order valence-electron chi connectivity index (χ4n) is 21.8. The molecule has 39 nitrogen and oxygen atoms in total. The third kappa shape index (κ3) is 16.9. The molecule has 8 fully saturated rings. The van der Waals surface area contributed by atoms with Gasteiger partial charge in [-0.25, -0.2) is 52.3 Å². The number of hydrogen-bond acceptors (Lipinski definition) is 30. The molecule has 706 valence electrons.